The van der Waals surface area contributed by atoms with Gasteiger partial charge in [0.2, 0.25) is 0 Å². The van der Waals surface area contributed by atoms with E-state index in [1.165, 1.54) is 0 Å². The summed E-state index contributed by atoms with van der Waals surface area (Å²) in [4.78, 5) is 16.9. The highest BCUT2D eigenvalue weighted by atomic mass is 16.5. The van der Waals surface area contributed by atoms with Gasteiger partial charge in [-0.2, -0.15) is 5.10 Å². The molecule has 2 aromatic heterocycles. The molecule has 0 aliphatic heterocycles. The van der Waals surface area contributed by atoms with E-state index < -0.39 is 0 Å². The summed E-state index contributed by atoms with van der Waals surface area (Å²) < 4.78 is 8.68. The predicted octanol–water partition coefficient (Wildman–Crippen LogP) is 1.68. The molecule has 3 aromatic rings. The molecule has 0 radical (unpaired) electrons. The second-order valence-corrected chi connectivity index (χ2v) is 5.48. The lowest BCUT2D eigenvalue weighted by Crippen LogP contribution is -2.30. The van der Waals surface area contributed by atoms with Crippen molar-refractivity contribution in [2.75, 3.05) is 7.11 Å². The molecule has 24 heavy (non-hydrogen) atoms. The third kappa shape index (κ3) is 3.15. The van der Waals surface area contributed by atoms with E-state index in [0.717, 1.165) is 17.1 Å². The van der Waals surface area contributed by atoms with Gasteiger partial charge in [0.25, 0.3) is 5.91 Å². The molecule has 1 N–H and O–H groups in total. The minimum Gasteiger partial charge on any atom is -0.497 e. The van der Waals surface area contributed by atoms with Gasteiger partial charge in [0, 0.05) is 32.7 Å². The summed E-state index contributed by atoms with van der Waals surface area (Å²) in [5.41, 5.74) is 1.42. The van der Waals surface area contributed by atoms with E-state index in [4.69, 9.17) is 4.74 Å². The Kier molecular flexibility index (Phi) is 4.33. The molecule has 0 bridgehead atoms. The number of amides is 1. The predicted molar refractivity (Wildman–Crippen MR) is 88.7 cm³/mol. The summed E-state index contributed by atoms with van der Waals surface area (Å²) in [7, 11) is 5.29. The Bertz CT molecular complexity index is 835. The number of hydrogen-bond acceptors (Lipinski definition) is 4. The van der Waals surface area contributed by atoms with Gasteiger partial charge in [0.15, 0.2) is 0 Å². The standard InChI is InChI=1S/C17H19N5O2/c1-21-9-8-18-16(21)15(12-4-6-14(24-3)7-5-12)20-17(23)13-10-19-22(2)11-13/h4-11,15H,1-3H3,(H,20,23). The summed E-state index contributed by atoms with van der Waals surface area (Å²) >= 11 is 0. The van der Waals surface area contributed by atoms with Crippen LogP contribution in [0.4, 0.5) is 0 Å². The maximum atomic E-state index is 12.5. The molecule has 2 heterocycles. The first-order valence-electron chi connectivity index (χ1n) is 7.49. The normalized spacial score (nSPS) is 12.0. The van der Waals surface area contributed by atoms with Crippen molar-refractivity contribution in [1.29, 1.82) is 0 Å². The van der Waals surface area contributed by atoms with Gasteiger partial charge in [-0.25, -0.2) is 4.98 Å². The first-order chi connectivity index (χ1) is 11.6. The molecular weight excluding hydrogens is 306 g/mol. The molecule has 0 aliphatic carbocycles. The average Bonchev–Trinajstić information content (AvgIpc) is 3.21. The Labute approximate surface area is 139 Å². The Balaban J connectivity index is 1.93. The van der Waals surface area contributed by atoms with Crippen LogP contribution in [0.3, 0.4) is 0 Å². The van der Waals surface area contributed by atoms with Crippen molar-refractivity contribution >= 4 is 5.91 Å². The van der Waals surface area contributed by atoms with Gasteiger partial charge in [-0.3, -0.25) is 9.48 Å². The van der Waals surface area contributed by atoms with Gasteiger partial charge in [0.1, 0.15) is 17.6 Å². The number of imidazole rings is 1. The third-order valence-electron chi connectivity index (χ3n) is 3.81. The lowest BCUT2D eigenvalue weighted by atomic mass is 10.1. The second kappa shape index (κ2) is 6.57. The lowest BCUT2D eigenvalue weighted by molar-refractivity contribution is 0.0941. The smallest absolute Gasteiger partial charge is 0.255 e. The van der Waals surface area contributed by atoms with E-state index in [9.17, 15) is 4.79 Å². The van der Waals surface area contributed by atoms with Gasteiger partial charge in [-0.1, -0.05) is 12.1 Å². The summed E-state index contributed by atoms with van der Waals surface area (Å²) in [6, 6.07) is 7.19. The fraction of sp³-hybridized carbons (Fsp3) is 0.235. The van der Waals surface area contributed by atoms with Crippen LogP contribution >= 0.6 is 0 Å². The number of aryl methyl sites for hydroxylation is 2. The Morgan fingerprint density at radius 1 is 1.25 bits per heavy atom. The summed E-state index contributed by atoms with van der Waals surface area (Å²) in [5, 5.41) is 7.07. The van der Waals surface area contributed by atoms with Gasteiger partial charge in [-0.05, 0) is 17.7 Å². The van der Waals surface area contributed by atoms with Crippen LogP contribution in [0.25, 0.3) is 0 Å². The van der Waals surface area contributed by atoms with Crippen molar-refractivity contribution < 1.29 is 9.53 Å². The highest BCUT2D eigenvalue weighted by molar-refractivity contribution is 5.94. The topological polar surface area (TPSA) is 74.0 Å². The number of ether oxygens (including phenoxy) is 1. The van der Waals surface area contributed by atoms with E-state index in [2.05, 4.69) is 15.4 Å². The molecule has 1 amide bonds. The Hall–Kier alpha value is -3.09. The van der Waals surface area contributed by atoms with E-state index in [1.807, 2.05) is 42.1 Å². The van der Waals surface area contributed by atoms with Gasteiger partial charge >= 0.3 is 0 Å². The van der Waals surface area contributed by atoms with Crippen molar-refractivity contribution in [3.63, 3.8) is 0 Å². The lowest BCUT2D eigenvalue weighted by Gasteiger charge is -2.19. The molecular formula is C17H19N5O2. The quantitative estimate of drug-likeness (QED) is 0.774. The summed E-state index contributed by atoms with van der Waals surface area (Å²) in [5.74, 6) is 1.31. The zero-order valence-corrected chi connectivity index (χ0v) is 13.8. The highest BCUT2D eigenvalue weighted by Crippen LogP contribution is 2.23. The van der Waals surface area contributed by atoms with Crippen LogP contribution < -0.4 is 10.1 Å². The summed E-state index contributed by atoms with van der Waals surface area (Å²) in [6.45, 7) is 0. The molecule has 3 rings (SSSR count). The molecule has 0 spiro atoms. The number of carbonyl (C=O) groups is 1. The van der Waals surface area contributed by atoms with Crippen LogP contribution in [0.2, 0.25) is 0 Å². The van der Waals surface area contributed by atoms with Crippen LogP contribution in [0.15, 0.2) is 49.1 Å². The fourth-order valence-corrected chi connectivity index (χ4v) is 2.50. The number of carbonyl (C=O) groups excluding carboxylic acids is 1. The van der Waals surface area contributed by atoms with Gasteiger partial charge in [0.05, 0.1) is 18.9 Å². The fourth-order valence-electron chi connectivity index (χ4n) is 2.50. The van der Waals surface area contributed by atoms with Gasteiger partial charge < -0.3 is 14.6 Å². The monoisotopic (exact) mass is 325 g/mol. The van der Waals surface area contributed by atoms with Crippen molar-refractivity contribution in [2.24, 2.45) is 14.1 Å². The Morgan fingerprint density at radius 3 is 2.54 bits per heavy atom. The number of methoxy groups -OCH3 is 1. The highest BCUT2D eigenvalue weighted by Gasteiger charge is 2.22. The van der Waals surface area contributed by atoms with Crippen LogP contribution in [-0.4, -0.2) is 32.3 Å². The number of aromatic nitrogens is 4. The largest absolute Gasteiger partial charge is 0.497 e. The minimum atomic E-state index is -0.372. The maximum absolute atomic E-state index is 12.5. The van der Waals surface area contributed by atoms with Crippen LogP contribution in [0.5, 0.6) is 5.75 Å². The first kappa shape index (κ1) is 15.8. The van der Waals surface area contributed by atoms with Gasteiger partial charge in [-0.15, -0.1) is 0 Å². The van der Waals surface area contributed by atoms with Crippen LogP contribution in [0.1, 0.15) is 27.8 Å². The molecule has 0 saturated carbocycles. The molecule has 0 saturated heterocycles. The maximum Gasteiger partial charge on any atom is 0.255 e. The van der Waals surface area contributed by atoms with Crippen LogP contribution in [0, 0.1) is 0 Å². The molecule has 0 aliphatic rings. The van der Waals surface area contributed by atoms with E-state index in [0.29, 0.717) is 5.56 Å². The molecule has 124 valence electrons. The first-order valence-corrected chi connectivity index (χ1v) is 7.49. The molecule has 1 atom stereocenters. The summed E-state index contributed by atoms with van der Waals surface area (Å²) in [6.07, 6.45) is 6.78. The molecule has 1 unspecified atom stereocenters. The average molecular weight is 325 g/mol. The van der Waals surface area contributed by atoms with Crippen molar-refractivity contribution in [3.8, 4) is 5.75 Å². The van der Waals surface area contributed by atoms with Crippen molar-refractivity contribution in [2.45, 2.75) is 6.04 Å². The number of nitrogens with zero attached hydrogens (tertiary/aromatic N) is 4. The molecule has 1 aromatic carbocycles. The third-order valence-corrected chi connectivity index (χ3v) is 3.81. The van der Waals surface area contributed by atoms with E-state index >= 15 is 0 Å². The second-order valence-electron chi connectivity index (χ2n) is 5.48. The number of nitrogens with one attached hydrogen (secondary N) is 1. The van der Waals surface area contributed by atoms with E-state index in [1.54, 1.807) is 37.4 Å². The van der Waals surface area contributed by atoms with Crippen molar-refractivity contribution in [3.05, 3.63) is 66.0 Å². The zero-order chi connectivity index (χ0) is 17.1. The van der Waals surface area contributed by atoms with E-state index in [-0.39, 0.29) is 11.9 Å². The minimum absolute atomic E-state index is 0.202. The Morgan fingerprint density at radius 2 is 2.00 bits per heavy atom. The number of hydrogen-bond donors (Lipinski definition) is 1. The van der Waals surface area contributed by atoms with Crippen molar-refractivity contribution in [1.82, 2.24) is 24.6 Å². The molecule has 0 fully saturated rings. The zero-order valence-electron chi connectivity index (χ0n) is 13.8. The molecule has 7 nitrogen and oxygen atoms in total. The van der Waals surface area contributed by atoms with Crippen LogP contribution in [-0.2, 0) is 14.1 Å². The SMILES string of the molecule is COc1ccc(C(NC(=O)c2cnn(C)c2)c2nccn2C)cc1. The number of benzene rings is 1. The molecule has 7 heteroatoms. The number of rotatable bonds is 5.